The molecule has 0 radical (unpaired) electrons. The second-order valence-electron chi connectivity index (χ2n) is 4.88. The van der Waals surface area contributed by atoms with Crippen LogP contribution in [-0.4, -0.2) is 35.7 Å². The number of nitrogens with one attached hydrogen (secondary N) is 2. The Labute approximate surface area is 111 Å². The van der Waals surface area contributed by atoms with E-state index in [1.165, 1.54) is 6.20 Å². The van der Waals surface area contributed by atoms with Gasteiger partial charge < -0.3 is 5.11 Å². The summed E-state index contributed by atoms with van der Waals surface area (Å²) >= 11 is 0. The average Bonchev–Trinajstić information content (AvgIpc) is 2.76. The van der Waals surface area contributed by atoms with Gasteiger partial charge in [0.2, 0.25) is 10.0 Å². The Morgan fingerprint density at radius 3 is 2.84 bits per heavy atom. The van der Waals surface area contributed by atoms with E-state index < -0.39 is 21.9 Å². The summed E-state index contributed by atoms with van der Waals surface area (Å²) in [5.74, 6) is -1.32. The van der Waals surface area contributed by atoms with Crippen LogP contribution in [0.1, 0.15) is 31.4 Å². The van der Waals surface area contributed by atoms with Gasteiger partial charge in [-0.15, -0.1) is 0 Å². The SMILES string of the molecule is Cc1[nH]ncc1S(=O)(=O)NC1CCCC(C(=O)O)C1. The molecule has 7 nitrogen and oxygen atoms in total. The predicted molar refractivity (Wildman–Crippen MR) is 67.0 cm³/mol. The highest BCUT2D eigenvalue weighted by Crippen LogP contribution is 2.25. The molecule has 0 saturated heterocycles. The van der Waals surface area contributed by atoms with Crippen LogP contribution < -0.4 is 4.72 Å². The van der Waals surface area contributed by atoms with Crippen LogP contribution in [0.2, 0.25) is 0 Å². The Morgan fingerprint density at radius 1 is 1.53 bits per heavy atom. The van der Waals surface area contributed by atoms with Crippen molar-refractivity contribution in [2.45, 2.75) is 43.5 Å². The van der Waals surface area contributed by atoms with E-state index in [1.54, 1.807) is 6.92 Å². The maximum absolute atomic E-state index is 12.1. The molecule has 0 amide bonds. The first-order valence-corrected chi connectivity index (χ1v) is 7.63. The molecule has 8 heteroatoms. The molecule has 1 heterocycles. The van der Waals surface area contributed by atoms with Gasteiger partial charge >= 0.3 is 5.97 Å². The van der Waals surface area contributed by atoms with Crippen LogP contribution in [0.3, 0.4) is 0 Å². The number of hydrogen-bond donors (Lipinski definition) is 3. The summed E-state index contributed by atoms with van der Waals surface area (Å²) in [6.45, 7) is 1.63. The number of sulfonamides is 1. The Kier molecular flexibility index (Phi) is 3.91. The summed E-state index contributed by atoms with van der Waals surface area (Å²) in [5, 5.41) is 15.3. The van der Waals surface area contributed by atoms with Crippen molar-refractivity contribution >= 4 is 16.0 Å². The third-order valence-corrected chi connectivity index (χ3v) is 5.05. The zero-order valence-corrected chi connectivity index (χ0v) is 11.4. The molecule has 0 spiro atoms. The summed E-state index contributed by atoms with van der Waals surface area (Å²) in [5.41, 5.74) is 0.470. The summed E-state index contributed by atoms with van der Waals surface area (Å²) in [6.07, 6.45) is 3.59. The highest BCUT2D eigenvalue weighted by molar-refractivity contribution is 7.89. The molecule has 2 unspecified atom stereocenters. The number of H-pyrrole nitrogens is 1. The largest absolute Gasteiger partial charge is 0.481 e. The molecule has 1 aliphatic rings. The van der Waals surface area contributed by atoms with Gasteiger partial charge in [0, 0.05) is 6.04 Å². The van der Waals surface area contributed by atoms with Crippen molar-refractivity contribution in [3.63, 3.8) is 0 Å². The van der Waals surface area contributed by atoms with Crippen molar-refractivity contribution in [1.29, 1.82) is 0 Å². The van der Waals surface area contributed by atoms with Gasteiger partial charge in [-0.1, -0.05) is 6.42 Å². The molecule has 1 aromatic heterocycles. The van der Waals surface area contributed by atoms with E-state index in [-0.39, 0.29) is 10.9 Å². The number of aromatic nitrogens is 2. The van der Waals surface area contributed by atoms with E-state index in [0.29, 0.717) is 31.4 Å². The lowest BCUT2D eigenvalue weighted by molar-refractivity contribution is -0.143. The Balaban J connectivity index is 2.09. The molecular weight excluding hydrogens is 270 g/mol. The molecule has 19 heavy (non-hydrogen) atoms. The molecule has 106 valence electrons. The standard InChI is InChI=1S/C11H17N3O4S/c1-7-10(6-12-13-7)19(17,18)14-9-4-2-3-8(5-9)11(15)16/h6,8-9,14H,2-5H2,1H3,(H,12,13)(H,15,16). The van der Waals surface area contributed by atoms with Crippen molar-refractivity contribution in [1.82, 2.24) is 14.9 Å². The topological polar surface area (TPSA) is 112 Å². The smallest absolute Gasteiger partial charge is 0.306 e. The van der Waals surface area contributed by atoms with Crippen LogP contribution in [0.4, 0.5) is 0 Å². The lowest BCUT2D eigenvalue weighted by Crippen LogP contribution is -2.39. The fourth-order valence-corrected chi connectivity index (χ4v) is 3.83. The summed E-state index contributed by atoms with van der Waals surface area (Å²) in [7, 11) is -3.63. The molecule has 1 saturated carbocycles. The van der Waals surface area contributed by atoms with E-state index in [4.69, 9.17) is 5.11 Å². The molecule has 2 rings (SSSR count). The Morgan fingerprint density at radius 2 is 2.26 bits per heavy atom. The van der Waals surface area contributed by atoms with E-state index in [9.17, 15) is 13.2 Å². The van der Waals surface area contributed by atoms with Gasteiger partial charge in [0.05, 0.1) is 17.8 Å². The predicted octanol–water partition coefficient (Wildman–Crippen LogP) is 0.640. The molecule has 1 aromatic rings. The van der Waals surface area contributed by atoms with Gasteiger partial charge in [-0.2, -0.15) is 5.10 Å². The number of nitrogens with zero attached hydrogens (tertiary/aromatic N) is 1. The minimum absolute atomic E-state index is 0.116. The van der Waals surface area contributed by atoms with Crippen molar-refractivity contribution in [3.05, 3.63) is 11.9 Å². The third kappa shape index (κ3) is 3.13. The van der Waals surface area contributed by atoms with Gasteiger partial charge in [0.15, 0.2) is 0 Å². The molecule has 0 aromatic carbocycles. The van der Waals surface area contributed by atoms with Crippen LogP contribution >= 0.6 is 0 Å². The molecule has 1 fully saturated rings. The molecule has 1 aliphatic carbocycles. The van der Waals surface area contributed by atoms with E-state index in [2.05, 4.69) is 14.9 Å². The van der Waals surface area contributed by atoms with Crippen LogP contribution in [0.5, 0.6) is 0 Å². The minimum Gasteiger partial charge on any atom is -0.481 e. The van der Waals surface area contributed by atoms with Gasteiger partial charge in [0.1, 0.15) is 4.90 Å². The number of hydrogen-bond acceptors (Lipinski definition) is 4. The van der Waals surface area contributed by atoms with E-state index >= 15 is 0 Å². The number of aryl methyl sites for hydroxylation is 1. The summed E-state index contributed by atoms with van der Waals surface area (Å²) in [6, 6.07) is -0.325. The zero-order chi connectivity index (χ0) is 14.0. The minimum atomic E-state index is -3.63. The number of carboxylic acid groups (broad SMARTS) is 1. The first-order chi connectivity index (χ1) is 8.90. The van der Waals surface area contributed by atoms with Crippen molar-refractivity contribution in [2.75, 3.05) is 0 Å². The van der Waals surface area contributed by atoms with Gasteiger partial charge in [-0.25, -0.2) is 13.1 Å². The quantitative estimate of drug-likeness (QED) is 0.752. The fraction of sp³-hybridized carbons (Fsp3) is 0.636. The number of aromatic amines is 1. The van der Waals surface area contributed by atoms with Crippen molar-refractivity contribution in [2.24, 2.45) is 5.92 Å². The normalized spacial score (nSPS) is 24.3. The number of aliphatic carboxylic acids is 1. The van der Waals surface area contributed by atoms with Crippen LogP contribution in [-0.2, 0) is 14.8 Å². The lowest BCUT2D eigenvalue weighted by atomic mass is 9.86. The molecule has 2 atom stereocenters. The molecule has 0 bridgehead atoms. The number of carbonyl (C=O) groups is 1. The first-order valence-electron chi connectivity index (χ1n) is 6.15. The summed E-state index contributed by atoms with van der Waals surface area (Å²) < 4.78 is 26.9. The zero-order valence-electron chi connectivity index (χ0n) is 10.6. The highest BCUT2D eigenvalue weighted by Gasteiger charge is 2.30. The maximum Gasteiger partial charge on any atom is 0.306 e. The Bertz CT molecular complexity index is 566. The van der Waals surface area contributed by atoms with Gasteiger partial charge in [0.25, 0.3) is 0 Å². The van der Waals surface area contributed by atoms with Crippen LogP contribution in [0.15, 0.2) is 11.1 Å². The molecule has 3 N–H and O–H groups in total. The first kappa shape index (κ1) is 14.0. The monoisotopic (exact) mass is 287 g/mol. The molecule has 0 aliphatic heterocycles. The molecular formula is C11H17N3O4S. The number of rotatable bonds is 4. The second kappa shape index (κ2) is 5.30. The van der Waals surface area contributed by atoms with Gasteiger partial charge in [-0.3, -0.25) is 9.89 Å². The van der Waals surface area contributed by atoms with E-state index in [1.807, 2.05) is 0 Å². The highest BCUT2D eigenvalue weighted by atomic mass is 32.2. The van der Waals surface area contributed by atoms with Crippen LogP contribution in [0, 0.1) is 12.8 Å². The lowest BCUT2D eigenvalue weighted by Gasteiger charge is -2.27. The number of carboxylic acids is 1. The fourth-order valence-electron chi connectivity index (χ4n) is 2.41. The maximum atomic E-state index is 12.1. The van der Waals surface area contributed by atoms with E-state index in [0.717, 1.165) is 0 Å². The van der Waals surface area contributed by atoms with Gasteiger partial charge in [-0.05, 0) is 26.2 Å². The Hall–Kier alpha value is -1.41. The summed E-state index contributed by atoms with van der Waals surface area (Å²) in [4.78, 5) is 11.1. The van der Waals surface area contributed by atoms with Crippen molar-refractivity contribution < 1.29 is 18.3 Å². The average molecular weight is 287 g/mol. The third-order valence-electron chi connectivity index (χ3n) is 3.42. The van der Waals surface area contributed by atoms with Crippen LogP contribution in [0.25, 0.3) is 0 Å². The second-order valence-corrected chi connectivity index (χ2v) is 6.56. The van der Waals surface area contributed by atoms with Crippen molar-refractivity contribution in [3.8, 4) is 0 Å².